The van der Waals surface area contributed by atoms with E-state index in [2.05, 4.69) is 0 Å². The molecule has 0 unspecified atom stereocenters. The molecule has 0 radical (unpaired) electrons. The SMILES string of the molecule is CCC=C(C(=O)O)C(C)C. The fraction of sp³-hybridized carbons (Fsp3) is 0.625. The second kappa shape index (κ2) is 4.09. The molecule has 1 N–H and O–H groups in total. The minimum absolute atomic E-state index is 0.123. The summed E-state index contributed by atoms with van der Waals surface area (Å²) >= 11 is 0. The van der Waals surface area contributed by atoms with Crippen LogP contribution in [0.3, 0.4) is 0 Å². The average Bonchev–Trinajstić information content (AvgIpc) is 1.81. The second-order valence-electron chi connectivity index (χ2n) is 2.53. The maximum Gasteiger partial charge on any atom is 0.331 e. The minimum Gasteiger partial charge on any atom is -0.478 e. The van der Waals surface area contributed by atoms with Gasteiger partial charge in [0.15, 0.2) is 0 Å². The summed E-state index contributed by atoms with van der Waals surface area (Å²) in [5.74, 6) is -0.672. The van der Waals surface area contributed by atoms with Gasteiger partial charge in [0.05, 0.1) is 0 Å². The quantitative estimate of drug-likeness (QED) is 0.612. The van der Waals surface area contributed by atoms with Crippen molar-refractivity contribution in [1.29, 1.82) is 0 Å². The molecule has 2 heteroatoms. The largest absolute Gasteiger partial charge is 0.478 e. The van der Waals surface area contributed by atoms with Gasteiger partial charge >= 0.3 is 5.97 Å². The van der Waals surface area contributed by atoms with Crippen LogP contribution < -0.4 is 0 Å². The highest BCUT2D eigenvalue weighted by atomic mass is 16.4. The maximum absolute atomic E-state index is 10.5. The Hall–Kier alpha value is -0.790. The number of allylic oxidation sites excluding steroid dienone is 1. The van der Waals surface area contributed by atoms with Gasteiger partial charge in [-0.3, -0.25) is 0 Å². The number of carboxylic acids is 1. The van der Waals surface area contributed by atoms with Crippen LogP contribution in [0.5, 0.6) is 0 Å². The van der Waals surface area contributed by atoms with Crippen molar-refractivity contribution in [2.45, 2.75) is 27.2 Å². The summed E-state index contributed by atoms with van der Waals surface area (Å²) in [6, 6.07) is 0. The topological polar surface area (TPSA) is 37.3 Å². The van der Waals surface area contributed by atoms with E-state index in [0.717, 1.165) is 6.42 Å². The average molecular weight is 142 g/mol. The summed E-state index contributed by atoms with van der Waals surface area (Å²) in [6.45, 7) is 5.70. The third kappa shape index (κ3) is 2.67. The Kier molecular flexibility index (Phi) is 3.77. The van der Waals surface area contributed by atoms with E-state index >= 15 is 0 Å². The molecule has 0 amide bonds. The predicted molar refractivity (Wildman–Crippen MR) is 40.8 cm³/mol. The maximum atomic E-state index is 10.5. The Morgan fingerprint density at radius 2 is 2.10 bits per heavy atom. The van der Waals surface area contributed by atoms with Crippen molar-refractivity contribution < 1.29 is 9.90 Å². The van der Waals surface area contributed by atoms with Gasteiger partial charge in [-0.2, -0.15) is 0 Å². The first-order chi connectivity index (χ1) is 4.59. The molecular formula is C8H14O2. The summed E-state index contributed by atoms with van der Waals surface area (Å²) in [7, 11) is 0. The fourth-order valence-corrected chi connectivity index (χ4v) is 0.790. The first-order valence-electron chi connectivity index (χ1n) is 3.53. The smallest absolute Gasteiger partial charge is 0.331 e. The van der Waals surface area contributed by atoms with E-state index in [1.54, 1.807) is 6.08 Å². The standard InChI is InChI=1S/C8H14O2/c1-4-5-7(6(2)3)8(9)10/h5-6H,4H2,1-3H3,(H,9,10). The lowest BCUT2D eigenvalue weighted by Crippen LogP contribution is -2.06. The van der Waals surface area contributed by atoms with Crippen molar-refractivity contribution in [1.82, 2.24) is 0 Å². The molecule has 0 aromatic carbocycles. The molecule has 0 saturated carbocycles. The lowest BCUT2D eigenvalue weighted by Gasteiger charge is -2.03. The van der Waals surface area contributed by atoms with E-state index in [1.165, 1.54) is 0 Å². The molecule has 0 aromatic heterocycles. The van der Waals surface area contributed by atoms with Crippen molar-refractivity contribution >= 4 is 5.97 Å². The van der Waals surface area contributed by atoms with Gasteiger partial charge < -0.3 is 5.11 Å². The molecule has 0 aliphatic rings. The van der Waals surface area contributed by atoms with Crippen LogP contribution in [-0.4, -0.2) is 11.1 Å². The molecule has 0 fully saturated rings. The Morgan fingerprint density at radius 3 is 2.20 bits per heavy atom. The fourth-order valence-electron chi connectivity index (χ4n) is 0.790. The number of aliphatic carboxylic acids is 1. The normalized spacial score (nSPS) is 12.2. The van der Waals surface area contributed by atoms with Crippen LogP contribution in [0.1, 0.15) is 27.2 Å². The van der Waals surface area contributed by atoms with Gasteiger partial charge in [0.2, 0.25) is 0 Å². The van der Waals surface area contributed by atoms with Gasteiger partial charge in [-0.1, -0.05) is 26.8 Å². The zero-order chi connectivity index (χ0) is 8.15. The molecule has 0 atom stereocenters. The Bertz CT molecular complexity index is 145. The molecule has 0 rings (SSSR count). The Balaban J connectivity index is 4.27. The molecule has 2 nitrogen and oxygen atoms in total. The predicted octanol–water partition coefficient (Wildman–Crippen LogP) is 2.06. The molecule has 0 aliphatic heterocycles. The van der Waals surface area contributed by atoms with E-state index in [1.807, 2.05) is 20.8 Å². The zero-order valence-electron chi connectivity index (χ0n) is 6.72. The number of carbonyl (C=O) groups is 1. The minimum atomic E-state index is -0.795. The van der Waals surface area contributed by atoms with Crippen LogP contribution in [0.4, 0.5) is 0 Å². The summed E-state index contributed by atoms with van der Waals surface area (Å²) < 4.78 is 0. The van der Waals surface area contributed by atoms with Crippen molar-refractivity contribution in [3.05, 3.63) is 11.6 Å². The van der Waals surface area contributed by atoms with E-state index in [4.69, 9.17) is 5.11 Å². The highest BCUT2D eigenvalue weighted by Gasteiger charge is 2.09. The summed E-state index contributed by atoms with van der Waals surface area (Å²) in [4.78, 5) is 10.5. The van der Waals surface area contributed by atoms with Crippen LogP contribution in [-0.2, 0) is 4.79 Å². The number of rotatable bonds is 3. The van der Waals surface area contributed by atoms with Crippen LogP contribution in [0, 0.1) is 5.92 Å². The summed E-state index contributed by atoms with van der Waals surface area (Å²) in [6.07, 6.45) is 2.55. The summed E-state index contributed by atoms with van der Waals surface area (Å²) in [5, 5.41) is 8.61. The lowest BCUT2D eigenvalue weighted by molar-refractivity contribution is -0.133. The third-order valence-corrected chi connectivity index (χ3v) is 1.29. The van der Waals surface area contributed by atoms with Crippen LogP contribution in [0.15, 0.2) is 11.6 Å². The zero-order valence-corrected chi connectivity index (χ0v) is 6.72. The number of hydrogen-bond donors (Lipinski definition) is 1. The molecule has 58 valence electrons. The number of hydrogen-bond acceptors (Lipinski definition) is 1. The van der Waals surface area contributed by atoms with Crippen LogP contribution in [0.2, 0.25) is 0 Å². The molecule has 0 bridgehead atoms. The van der Waals surface area contributed by atoms with Crippen molar-refractivity contribution in [2.75, 3.05) is 0 Å². The molecule has 0 spiro atoms. The Morgan fingerprint density at radius 1 is 1.60 bits per heavy atom. The van der Waals surface area contributed by atoms with E-state index in [-0.39, 0.29) is 5.92 Å². The van der Waals surface area contributed by atoms with Gasteiger partial charge in [-0.25, -0.2) is 4.79 Å². The first kappa shape index (κ1) is 9.21. The molecule has 10 heavy (non-hydrogen) atoms. The summed E-state index contributed by atoms with van der Waals surface area (Å²) in [5.41, 5.74) is 0.516. The van der Waals surface area contributed by atoms with E-state index < -0.39 is 5.97 Å². The van der Waals surface area contributed by atoms with Gasteiger partial charge in [-0.15, -0.1) is 0 Å². The van der Waals surface area contributed by atoms with E-state index in [9.17, 15) is 4.79 Å². The third-order valence-electron chi connectivity index (χ3n) is 1.29. The highest BCUT2D eigenvalue weighted by molar-refractivity contribution is 5.86. The van der Waals surface area contributed by atoms with Gasteiger partial charge in [0.25, 0.3) is 0 Å². The van der Waals surface area contributed by atoms with Gasteiger partial charge in [-0.05, 0) is 12.3 Å². The lowest BCUT2D eigenvalue weighted by atomic mass is 10.0. The van der Waals surface area contributed by atoms with Crippen molar-refractivity contribution in [3.8, 4) is 0 Å². The van der Waals surface area contributed by atoms with Crippen LogP contribution in [0.25, 0.3) is 0 Å². The molecule has 0 heterocycles. The van der Waals surface area contributed by atoms with Gasteiger partial charge in [0, 0.05) is 5.57 Å². The molecule has 0 aliphatic carbocycles. The molecular weight excluding hydrogens is 128 g/mol. The molecule has 0 saturated heterocycles. The van der Waals surface area contributed by atoms with Crippen molar-refractivity contribution in [3.63, 3.8) is 0 Å². The van der Waals surface area contributed by atoms with Crippen LogP contribution >= 0.6 is 0 Å². The monoisotopic (exact) mass is 142 g/mol. The van der Waals surface area contributed by atoms with Crippen molar-refractivity contribution in [2.24, 2.45) is 5.92 Å². The highest BCUT2D eigenvalue weighted by Crippen LogP contribution is 2.09. The van der Waals surface area contributed by atoms with Gasteiger partial charge in [0.1, 0.15) is 0 Å². The van der Waals surface area contributed by atoms with E-state index in [0.29, 0.717) is 5.57 Å². The Labute approximate surface area is 61.6 Å². The number of carboxylic acid groups (broad SMARTS) is 1. The second-order valence-corrected chi connectivity index (χ2v) is 2.53. The first-order valence-corrected chi connectivity index (χ1v) is 3.53. The molecule has 0 aromatic rings.